The molecule has 0 saturated carbocycles. The van der Waals surface area contributed by atoms with Crippen LogP contribution in [0.4, 0.5) is 4.39 Å². The van der Waals surface area contributed by atoms with Gasteiger partial charge in [0.25, 0.3) is 0 Å². The fraction of sp³-hybridized carbons (Fsp3) is 0.308. The van der Waals surface area contributed by atoms with Crippen LogP contribution in [0, 0.1) is 9.39 Å². The molecule has 3 nitrogen and oxygen atoms in total. The summed E-state index contributed by atoms with van der Waals surface area (Å²) in [4.78, 5) is 4.20. The number of nitrogens with zero attached hydrogens (tertiary/aromatic N) is 1. The van der Waals surface area contributed by atoms with Gasteiger partial charge in [-0.15, -0.1) is 0 Å². The Balaban J connectivity index is 2.30. The molecule has 1 N–H and O–H groups in total. The molecular formula is C13H14FIN2O. The Labute approximate surface area is 119 Å². The van der Waals surface area contributed by atoms with Crippen LogP contribution >= 0.6 is 22.6 Å². The van der Waals surface area contributed by atoms with E-state index in [2.05, 4.69) is 46.7 Å². The van der Waals surface area contributed by atoms with Gasteiger partial charge in [0, 0.05) is 21.7 Å². The quantitative estimate of drug-likeness (QED) is 0.847. The highest BCUT2D eigenvalue weighted by molar-refractivity contribution is 14.1. The van der Waals surface area contributed by atoms with Crippen molar-refractivity contribution in [3.8, 4) is 11.3 Å². The molecule has 0 fully saturated rings. The first-order valence-corrected chi connectivity index (χ1v) is 6.77. The smallest absolute Gasteiger partial charge is 0.181 e. The number of aromatic nitrogens is 1. The first-order valence-electron chi connectivity index (χ1n) is 5.69. The van der Waals surface area contributed by atoms with Crippen molar-refractivity contribution in [2.75, 3.05) is 0 Å². The van der Waals surface area contributed by atoms with E-state index in [-0.39, 0.29) is 5.82 Å². The maximum atomic E-state index is 13.1. The third kappa shape index (κ3) is 3.08. The van der Waals surface area contributed by atoms with Crippen LogP contribution in [0.2, 0.25) is 0 Å². The summed E-state index contributed by atoms with van der Waals surface area (Å²) in [6, 6.07) is 5.01. The molecule has 0 aliphatic heterocycles. The van der Waals surface area contributed by atoms with Gasteiger partial charge in [-0.05, 0) is 40.8 Å². The lowest BCUT2D eigenvalue weighted by atomic mass is 10.1. The van der Waals surface area contributed by atoms with Crippen LogP contribution in [-0.2, 0) is 6.54 Å². The SMILES string of the molecule is CC(C)NCc1ncoc1-c1ccc(F)cc1I. The van der Waals surface area contributed by atoms with Gasteiger partial charge in [-0.25, -0.2) is 9.37 Å². The second kappa shape index (κ2) is 5.79. The lowest BCUT2D eigenvalue weighted by molar-refractivity contribution is 0.562. The molecule has 0 spiro atoms. The second-order valence-corrected chi connectivity index (χ2v) is 5.45. The molecule has 5 heteroatoms. The zero-order valence-corrected chi connectivity index (χ0v) is 12.4. The number of hydrogen-bond donors (Lipinski definition) is 1. The molecule has 1 aromatic heterocycles. The van der Waals surface area contributed by atoms with E-state index in [1.54, 1.807) is 6.07 Å². The van der Waals surface area contributed by atoms with Gasteiger partial charge >= 0.3 is 0 Å². The van der Waals surface area contributed by atoms with E-state index in [1.165, 1.54) is 18.5 Å². The Bertz CT molecular complexity index is 540. The van der Waals surface area contributed by atoms with Gasteiger partial charge in [0.15, 0.2) is 12.2 Å². The minimum absolute atomic E-state index is 0.246. The molecule has 96 valence electrons. The zero-order chi connectivity index (χ0) is 13.1. The molecule has 0 atom stereocenters. The Kier molecular flexibility index (Phi) is 4.34. The first kappa shape index (κ1) is 13.5. The predicted octanol–water partition coefficient (Wildman–Crippen LogP) is 3.58. The Morgan fingerprint density at radius 3 is 2.89 bits per heavy atom. The second-order valence-electron chi connectivity index (χ2n) is 4.29. The summed E-state index contributed by atoms with van der Waals surface area (Å²) < 4.78 is 19.3. The summed E-state index contributed by atoms with van der Waals surface area (Å²) in [6.45, 7) is 4.78. The number of rotatable bonds is 4. The van der Waals surface area contributed by atoms with Crippen LogP contribution in [0.15, 0.2) is 29.0 Å². The van der Waals surface area contributed by atoms with Crippen molar-refractivity contribution >= 4 is 22.6 Å². The van der Waals surface area contributed by atoms with Crippen LogP contribution in [0.25, 0.3) is 11.3 Å². The van der Waals surface area contributed by atoms with E-state index < -0.39 is 0 Å². The number of benzene rings is 1. The van der Waals surface area contributed by atoms with E-state index in [9.17, 15) is 4.39 Å². The maximum Gasteiger partial charge on any atom is 0.181 e. The molecule has 1 heterocycles. The third-order valence-electron chi connectivity index (χ3n) is 2.49. The molecule has 2 aromatic rings. The molecule has 0 unspecified atom stereocenters. The van der Waals surface area contributed by atoms with Crippen LogP contribution in [0.3, 0.4) is 0 Å². The summed E-state index contributed by atoms with van der Waals surface area (Å²) >= 11 is 2.10. The molecule has 2 rings (SSSR count). The fourth-order valence-corrected chi connectivity index (χ4v) is 2.31. The Morgan fingerprint density at radius 1 is 1.44 bits per heavy atom. The highest BCUT2D eigenvalue weighted by Gasteiger charge is 2.14. The highest BCUT2D eigenvalue weighted by atomic mass is 127. The standard InChI is InChI=1S/C13H14FIN2O/c1-8(2)16-6-12-13(18-7-17-12)10-4-3-9(14)5-11(10)15/h3-5,7-8,16H,6H2,1-2H3. The summed E-state index contributed by atoms with van der Waals surface area (Å²) in [5.74, 6) is 0.456. The molecule has 0 aliphatic carbocycles. The minimum atomic E-state index is -0.246. The molecule has 0 radical (unpaired) electrons. The van der Waals surface area contributed by atoms with Crippen molar-refractivity contribution in [1.82, 2.24) is 10.3 Å². The molecule has 18 heavy (non-hydrogen) atoms. The van der Waals surface area contributed by atoms with E-state index in [0.29, 0.717) is 18.3 Å². The van der Waals surface area contributed by atoms with Gasteiger partial charge in [0.1, 0.15) is 11.5 Å². The normalized spacial score (nSPS) is 11.2. The maximum absolute atomic E-state index is 13.1. The molecule has 1 aromatic carbocycles. The highest BCUT2D eigenvalue weighted by Crippen LogP contribution is 2.28. The number of nitrogens with one attached hydrogen (secondary N) is 1. The topological polar surface area (TPSA) is 38.1 Å². The Morgan fingerprint density at radius 2 is 2.22 bits per heavy atom. The summed E-state index contributed by atoms with van der Waals surface area (Å²) in [7, 11) is 0. The summed E-state index contributed by atoms with van der Waals surface area (Å²) in [6.07, 6.45) is 1.42. The van der Waals surface area contributed by atoms with Crippen molar-refractivity contribution in [2.24, 2.45) is 0 Å². The van der Waals surface area contributed by atoms with E-state index in [1.807, 2.05) is 0 Å². The monoisotopic (exact) mass is 360 g/mol. The van der Waals surface area contributed by atoms with Crippen molar-refractivity contribution in [1.29, 1.82) is 0 Å². The van der Waals surface area contributed by atoms with Gasteiger partial charge in [0.2, 0.25) is 0 Å². The largest absolute Gasteiger partial charge is 0.443 e. The van der Waals surface area contributed by atoms with E-state index in [0.717, 1.165) is 14.8 Å². The molecule has 0 amide bonds. The average molecular weight is 360 g/mol. The van der Waals surface area contributed by atoms with Gasteiger partial charge in [-0.1, -0.05) is 13.8 Å². The number of hydrogen-bond acceptors (Lipinski definition) is 3. The Hall–Kier alpha value is -0.950. The van der Waals surface area contributed by atoms with Crippen molar-refractivity contribution in [3.63, 3.8) is 0 Å². The third-order valence-corrected chi connectivity index (χ3v) is 3.39. The van der Waals surface area contributed by atoms with Gasteiger partial charge in [-0.3, -0.25) is 0 Å². The van der Waals surface area contributed by atoms with Crippen LogP contribution in [-0.4, -0.2) is 11.0 Å². The lowest BCUT2D eigenvalue weighted by Crippen LogP contribution is -2.22. The van der Waals surface area contributed by atoms with E-state index >= 15 is 0 Å². The van der Waals surface area contributed by atoms with E-state index in [4.69, 9.17) is 4.42 Å². The number of halogens is 2. The average Bonchev–Trinajstić information content (AvgIpc) is 2.74. The first-order chi connectivity index (χ1) is 8.58. The number of oxazole rings is 1. The summed E-state index contributed by atoms with van der Waals surface area (Å²) in [5.41, 5.74) is 1.71. The lowest BCUT2D eigenvalue weighted by Gasteiger charge is -2.08. The molecule has 0 aliphatic rings. The minimum Gasteiger partial charge on any atom is -0.443 e. The zero-order valence-electron chi connectivity index (χ0n) is 10.2. The van der Waals surface area contributed by atoms with Crippen LogP contribution < -0.4 is 5.32 Å². The van der Waals surface area contributed by atoms with Gasteiger partial charge < -0.3 is 9.73 Å². The van der Waals surface area contributed by atoms with Crippen molar-refractivity contribution in [3.05, 3.63) is 39.7 Å². The van der Waals surface area contributed by atoms with Gasteiger partial charge in [-0.2, -0.15) is 0 Å². The van der Waals surface area contributed by atoms with Crippen molar-refractivity contribution in [2.45, 2.75) is 26.4 Å². The molecule has 0 bridgehead atoms. The predicted molar refractivity (Wildman–Crippen MR) is 76.6 cm³/mol. The summed E-state index contributed by atoms with van der Waals surface area (Å²) in [5, 5.41) is 3.29. The molecular weight excluding hydrogens is 346 g/mol. The van der Waals surface area contributed by atoms with Crippen molar-refractivity contribution < 1.29 is 8.81 Å². The molecule has 0 saturated heterocycles. The van der Waals surface area contributed by atoms with Crippen LogP contribution in [0.1, 0.15) is 19.5 Å². The van der Waals surface area contributed by atoms with Gasteiger partial charge in [0.05, 0.1) is 0 Å². The van der Waals surface area contributed by atoms with Crippen LogP contribution in [0.5, 0.6) is 0 Å². The fourth-order valence-electron chi connectivity index (χ4n) is 1.59.